The van der Waals surface area contributed by atoms with Gasteiger partial charge in [0.2, 0.25) is 5.91 Å². The predicted octanol–water partition coefficient (Wildman–Crippen LogP) is 1.80. The van der Waals surface area contributed by atoms with Gasteiger partial charge in [-0.2, -0.15) is 0 Å². The molecule has 1 saturated heterocycles. The van der Waals surface area contributed by atoms with Gasteiger partial charge in [-0.1, -0.05) is 43.2 Å². The fourth-order valence-corrected chi connectivity index (χ4v) is 3.34. The minimum atomic E-state index is 0.0336. The van der Waals surface area contributed by atoms with Crippen LogP contribution in [0, 0.1) is 0 Å². The lowest BCUT2D eigenvalue weighted by molar-refractivity contribution is -0.121. The van der Waals surface area contributed by atoms with E-state index < -0.39 is 0 Å². The summed E-state index contributed by atoms with van der Waals surface area (Å²) < 4.78 is 1.57. The van der Waals surface area contributed by atoms with Gasteiger partial charge in [-0.15, -0.1) is 5.10 Å². The van der Waals surface area contributed by atoms with Gasteiger partial charge in [0.1, 0.15) is 6.33 Å². The summed E-state index contributed by atoms with van der Waals surface area (Å²) in [6, 6.07) is 10.7. The molecule has 0 radical (unpaired) electrons. The van der Waals surface area contributed by atoms with Crippen molar-refractivity contribution in [3.8, 4) is 0 Å². The minimum Gasteiger partial charge on any atom is -0.354 e. The van der Waals surface area contributed by atoms with Crippen LogP contribution in [0.2, 0.25) is 0 Å². The Kier molecular flexibility index (Phi) is 6.50. The number of hydrogen-bond donors (Lipinski definition) is 1. The van der Waals surface area contributed by atoms with Gasteiger partial charge in [-0.25, -0.2) is 4.68 Å². The summed E-state index contributed by atoms with van der Waals surface area (Å²) in [5, 5.41) is 14.0. The Morgan fingerprint density at radius 3 is 2.56 bits per heavy atom. The van der Waals surface area contributed by atoms with Gasteiger partial charge in [-0.3, -0.25) is 9.69 Å². The molecule has 1 N–H and O–H groups in total. The van der Waals surface area contributed by atoms with Crippen LogP contribution < -0.4 is 5.32 Å². The minimum absolute atomic E-state index is 0.0336. The number of carbonyl (C=O) groups excluding carboxylic acids is 1. The third kappa shape index (κ3) is 5.35. The molecule has 0 aliphatic carbocycles. The van der Waals surface area contributed by atoms with Crippen LogP contribution in [0.15, 0.2) is 36.7 Å². The van der Waals surface area contributed by atoms with E-state index in [-0.39, 0.29) is 11.9 Å². The highest BCUT2D eigenvalue weighted by molar-refractivity contribution is 5.75. The molecule has 1 aliphatic heterocycles. The van der Waals surface area contributed by atoms with Crippen molar-refractivity contribution >= 4 is 5.91 Å². The van der Waals surface area contributed by atoms with Crippen LogP contribution >= 0.6 is 0 Å². The molecule has 1 amide bonds. The van der Waals surface area contributed by atoms with E-state index in [4.69, 9.17) is 0 Å². The maximum atomic E-state index is 12.2. The average Bonchev–Trinajstić information content (AvgIpc) is 3.03. The summed E-state index contributed by atoms with van der Waals surface area (Å²) in [6.45, 7) is 3.33. The van der Waals surface area contributed by atoms with Crippen LogP contribution in [0.3, 0.4) is 0 Å². The molecule has 1 aromatic heterocycles. The van der Waals surface area contributed by atoms with Crippen molar-refractivity contribution in [3.05, 3.63) is 42.2 Å². The second-order valence-corrected chi connectivity index (χ2v) is 6.50. The maximum Gasteiger partial charge on any atom is 0.221 e. The molecule has 3 rings (SSSR count). The first kappa shape index (κ1) is 17.5. The number of hydrogen-bond acceptors (Lipinski definition) is 5. The molecule has 2 heterocycles. The van der Waals surface area contributed by atoms with Crippen LogP contribution in [-0.2, 0) is 11.3 Å². The highest BCUT2D eigenvalue weighted by Crippen LogP contribution is 2.23. The fraction of sp³-hybridized carbons (Fsp3) is 0.556. The zero-order valence-electron chi connectivity index (χ0n) is 14.5. The van der Waals surface area contributed by atoms with Crippen molar-refractivity contribution in [1.29, 1.82) is 0 Å². The van der Waals surface area contributed by atoms with E-state index in [0.717, 1.165) is 13.1 Å². The molecule has 2 aromatic rings. The smallest absolute Gasteiger partial charge is 0.221 e. The Morgan fingerprint density at radius 1 is 1.12 bits per heavy atom. The normalized spacial score (nSPS) is 17.0. The van der Waals surface area contributed by atoms with Crippen molar-refractivity contribution in [2.24, 2.45) is 0 Å². The number of carbonyl (C=O) groups is 1. The molecule has 0 bridgehead atoms. The lowest BCUT2D eigenvalue weighted by atomic mass is 10.0. The number of rotatable bonds is 7. The molecule has 134 valence electrons. The number of benzene rings is 1. The van der Waals surface area contributed by atoms with E-state index in [0.29, 0.717) is 19.5 Å². The number of aromatic nitrogens is 4. The molecule has 1 aromatic carbocycles. The predicted molar refractivity (Wildman–Crippen MR) is 94.7 cm³/mol. The number of tetrazole rings is 1. The highest BCUT2D eigenvalue weighted by Gasteiger charge is 2.21. The zero-order chi connectivity index (χ0) is 17.3. The molecule has 25 heavy (non-hydrogen) atoms. The van der Waals surface area contributed by atoms with Crippen LogP contribution in [0.1, 0.15) is 43.7 Å². The van der Waals surface area contributed by atoms with E-state index in [2.05, 4.69) is 50.0 Å². The largest absolute Gasteiger partial charge is 0.354 e. The molecule has 7 heteroatoms. The van der Waals surface area contributed by atoms with Crippen molar-refractivity contribution in [2.45, 2.75) is 44.7 Å². The van der Waals surface area contributed by atoms with Gasteiger partial charge in [0.05, 0.1) is 12.6 Å². The Balaban J connectivity index is 1.58. The average molecular weight is 342 g/mol. The van der Waals surface area contributed by atoms with Gasteiger partial charge >= 0.3 is 0 Å². The molecular weight excluding hydrogens is 316 g/mol. The van der Waals surface area contributed by atoms with E-state index >= 15 is 0 Å². The van der Waals surface area contributed by atoms with Crippen molar-refractivity contribution in [3.63, 3.8) is 0 Å². The van der Waals surface area contributed by atoms with E-state index in [1.807, 2.05) is 6.07 Å². The molecule has 1 fully saturated rings. The summed E-state index contributed by atoms with van der Waals surface area (Å²) in [6.07, 6.45) is 6.98. The number of amides is 1. The van der Waals surface area contributed by atoms with Crippen molar-refractivity contribution in [1.82, 2.24) is 30.4 Å². The molecule has 0 unspecified atom stereocenters. The Bertz CT molecular complexity index is 622. The second kappa shape index (κ2) is 9.27. The van der Waals surface area contributed by atoms with E-state index in [1.165, 1.54) is 37.6 Å². The van der Waals surface area contributed by atoms with E-state index in [1.54, 1.807) is 4.68 Å². The number of likely N-dealkylation sites (tertiary alicyclic amines) is 1. The van der Waals surface area contributed by atoms with Crippen LogP contribution in [0.4, 0.5) is 0 Å². The first-order chi connectivity index (χ1) is 12.3. The van der Waals surface area contributed by atoms with Crippen molar-refractivity contribution < 1.29 is 4.79 Å². The summed E-state index contributed by atoms with van der Waals surface area (Å²) >= 11 is 0. The molecule has 7 nitrogen and oxygen atoms in total. The summed E-state index contributed by atoms with van der Waals surface area (Å²) in [5.41, 5.74) is 1.27. The second-order valence-electron chi connectivity index (χ2n) is 6.50. The molecule has 1 aliphatic rings. The van der Waals surface area contributed by atoms with Gasteiger partial charge in [0, 0.05) is 13.0 Å². The third-order valence-electron chi connectivity index (χ3n) is 4.72. The Morgan fingerprint density at radius 2 is 1.88 bits per heavy atom. The van der Waals surface area contributed by atoms with Crippen LogP contribution in [-0.4, -0.2) is 50.6 Å². The first-order valence-electron chi connectivity index (χ1n) is 9.09. The fourth-order valence-electron chi connectivity index (χ4n) is 3.34. The number of aryl methyl sites for hydroxylation is 1. The lowest BCUT2D eigenvalue weighted by Gasteiger charge is -2.31. The summed E-state index contributed by atoms with van der Waals surface area (Å²) in [5.74, 6) is 0.0336. The quantitative estimate of drug-likeness (QED) is 0.830. The van der Waals surface area contributed by atoms with E-state index in [9.17, 15) is 4.79 Å². The molecule has 0 saturated carbocycles. The van der Waals surface area contributed by atoms with Gasteiger partial charge < -0.3 is 5.32 Å². The SMILES string of the molecule is O=C(CCn1cnnn1)NC[C@H](c1ccccc1)N1CCCCCC1. The summed E-state index contributed by atoms with van der Waals surface area (Å²) in [7, 11) is 0. The number of nitrogens with one attached hydrogen (secondary N) is 1. The number of nitrogens with zero attached hydrogens (tertiary/aromatic N) is 5. The summed E-state index contributed by atoms with van der Waals surface area (Å²) in [4.78, 5) is 14.7. The maximum absolute atomic E-state index is 12.2. The monoisotopic (exact) mass is 342 g/mol. The topological polar surface area (TPSA) is 75.9 Å². The molecular formula is C18H26N6O. The lowest BCUT2D eigenvalue weighted by Crippen LogP contribution is -2.38. The Hall–Kier alpha value is -2.28. The van der Waals surface area contributed by atoms with Crippen molar-refractivity contribution in [2.75, 3.05) is 19.6 Å². The van der Waals surface area contributed by atoms with Gasteiger partial charge in [-0.05, 0) is 41.9 Å². The van der Waals surface area contributed by atoms with Crippen LogP contribution in [0.5, 0.6) is 0 Å². The molecule has 1 atom stereocenters. The molecule has 0 spiro atoms. The standard InChI is InChI=1S/C18H26N6O/c25-18(10-13-24-15-20-21-22-24)19-14-17(16-8-4-3-5-9-16)23-11-6-1-2-7-12-23/h3-5,8-9,15,17H,1-2,6-7,10-14H2,(H,19,25)/t17-/m1/s1. The highest BCUT2D eigenvalue weighted by atomic mass is 16.1. The first-order valence-corrected chi connectivity index (χ1v) is 9.09. The van der Waals surface area contributed by atoms with Gasteiger partial charge in [0.15, 0.2) is 0 Å². The third-order valence-corrected chi connectivity index (χ3v) is 4.72. The van der Waals surface area contributed by atoms with Gasteiger partial charge in [0.25, 0.3) is 0 Å². The Labute approximate surface area is 148 Å². The van der Waals surface area contributed by atoms with Crippen LogP contribution in [0.25, 0.3) is 0 Å². The zero-order valence-corrected chi connectivity index (χ0v) is 14.5.